The first-order valence-electron chi connectivity index (χ1n) is 3.97. The first kappa shape index (κ1) is 11.7. The van der Waals surface area contributed by atoms with Gasteiger partial charge in [0.05, 0.1) is 5.75 Å². The van der Waals surface area contributed by atoms with Crippen molar-refractivity contribution in [3.63, 3.8) is 0 Å². The Bertz CT molecular complexity index is 121. The minimum absolute atomic E-state index is 0.0945. The van der Waals surface area contributed by atoms with Crippen LogP contribution in [0, 0.1) is 0 Å². The number of amides is 1. The zero-order valence-electron chi connectivity index (χ0n) is 7.43. The maximum Gasteiger partial charge on any atom is 0.230 e. The maximum atomic E-state index is 10.9. The summed E-state index contributed by atoms with van der Waals surface area (Å²) in [6, 6.07) is 0. The van der Waals surface area contributed by atoms with E-state index in [1.54, 1.807) is 0 Å². The molecule has 0 radical (unpaired) electrons. The summed E-state index contributed by atoms with van der Waals surface area (Å²) in [4.78, 5) is 10.9. The molecule has 0 aromatic carbocycles. The lowest BCUT2D eigenvalue weighted by Gasteiger charge is -2.04. The Hall–Kier alpha value is -0.260. The topological polar surface area (TPSA) is 67.2 Å². The molecule has 0 aliphatic rings. The molecule has 0 heterocycles. The van der Waals surface area contributed by atoms with E-state index in [0.29, 0.717) is 18.8 Å². The number of carbonyl (C=O) groups excluding carboxylic acids is 1. The van der Waals surface area contributed by atoms with Gasteiger partial charge in [0, 0.05) is 26.2 Å². The number of hydrogen-bond acceptors (Lipinski definition) is 4. The number of rotatable bonds is 7. The highest BCUT2D eigenvalue weighted by Crippen LogP contribution is 1.88. The molecule has 0 aromatic rings. The van der Waals surface area contributed by atoms with Crippen molar-refractivity contribution in [2.45, 2.75) is 0 Å². The monoisotopic (exact) mass is 191 g/mol. The minimum atomic E-state index is 0.0945. The van der Waals surface area contributed by atoms with Crippen molar-refractivity contribution >= 4 is 17.7 Å². The van der Waals surface area contributed by atoms with E-state index in [0.717, 1.165) is 13.1 Å². The molecule has 0 saturated carbocycles. The van der Waals surface area contributed by atoms with Crippen LogP contribution < -0.4 is 16.4 Å². The van der Waals surface area contributed by atoms with Crippen molar-refractivity contribution in [1.29, 1.82) is 0 Å². The molecule has 0 aliphatic heterocycles. The smallest absolute Gasteiger partial charge is 0.230 e. The lowest BCUT2D eigenvalue weighted by atomic mass is 10.5. The highest BCUT2D eigenvalue weighted by Gasteiger charge is 1.96. The molecule has 4 nitrogen and oxygen atoms in total. The SMILES string of the molecule is CSCC(=O)NCCNCCN. The molecule has 0 bridgehead atoms. The quantitative estimate of drug-likeness (QED) is 0.452. The van der Waals surface area contributed by atoms with Crippen LogP contribution in [0.2, 0.25) is 0 Å². The molecular formula is C7H17N3OS. The van der Waals surface area contributed by atoms with Gasteiger partial charge in [-0.05, 0) is 6.26 Å². The van der Waals surface area contributed by atoms with Crippen molar-refractivity contribution < 1.29 is 4.79 Å². The lowest BCUT2D eigenvalue weighted by Crippen LogP contribution is -2.34. The summed E-state index contributed by atoms with van der Waals surface area (Å²) < 4.78 is 0. The number of hydrogen-bond donors (Lipinski definition) is 3. The van der Waals surface area contributed by atoms with Gasteiger partial charge in [-0.1, -0.05) is 0 Å². The average molecular weight is 191 g/mol. The van der Waals surface area contributed by atoms with E-state index in [4.69, 9.17) is 5.73 Å². The molecule has 0 aliphatic carbocycles. The van der Waals surface area contributed by atoms with Crippen LogP contribution >= 0.6 is 11.8 Å². The second-order valence-corrected chi connectivity index (χ2v) is 3.19. The van der Waals surface area contributed by atoms with Gasteiger partial charge in [-0.15, -0.1) is 0 Å². The first-order valence-corrected chi connectivity index (χ1v) is 5.37. The van der Waals surface area contributed by atoms with Crippen molar-refractivity contribution in [2.75, 3.05) is 38.2 Å². The molecule has 0 aromatic heterocycles. The molecule has 5 heteroatoms. The van der Waals surface area contributed by atoms with Gasteiger partial charge < -0.3 is 16.4 Å². The third kappa shape index (κ3) is 7.84. The van der Waals surface area contributed by atoms with Gasteiger partial charge in [0.25, 0.3) is 0 Å². The second kappa shape index (κ2) is 8.83. The summed E-state index contributed by atoms with van der Waals surface area (Å²) in [7, 11) is 0. The highest BCUT2D eigenvalue weighted by atomic mass is 32.2. The largest absolute Gasteiger partial charge is 0.354 e. The van der Waals surface area contributed by atoms with E-state index in [9.17, 15) is 4.79 Å². The maximum absolute atomic E-state index is 10.9. The van der Waals surface area contributed by atoms with Crippen molar-refractivity contribution in [2.24, 2.45) is 5.73 Å². The summed E-state index contributed by atoms with van der Waals surface area (Å²) in [6.07, 6.45) is 1.91. The van der Waals surface area contributed by atoms with Crippen LogP contribution in [0.25, 0.3) is 0 Å². The first-order chi connectivity index (χ1) is 5.81. The van der Waals surface area contributed by atoms with Gasteiger partial charge in [0.2, 0.25) is 5.91 Å². The van der Waals surface area contributed by atoms with E-state index >= 15 is 0 Å². The lowest BCUT2D eigenvalue weighted by molar-refractivity contribution is -0.118. The average Bonchev–Trinajstić information content (AvgIpc) is 2.05. The molecule has 0 spiro atoms. The van der Waals surface area contributed by atoms with Gasteiger partial charge in [-0.2, -0.15) is 11.8 Å². The Kier molecular flexibility index (Phi) is 8.64. The molecule has 1 amide bonds. The predicted molar refractivity (Wildman–Crippen MR) is 53.3 cm³/mol. The van der Waals surface area contributed by atoms with Gasteiger partial charge in [0.1, 0.15) is 0 Å². The van der Waals surface area contributed by atoms with Gasteiger partial charge in [-0.3, -0.25) is 4.79 Å². The fourth-order valence-electron chi connectivity index (χ4n) is 0.699. The van der Waals surface area contributed by atoms with Crippen LogP contribution in [0.15, 0.2) is 0 Å². The molecular weight excluding hydrogens is 174 g/mol. The van der Waals surface area contributed by atoms with Crippen LogP contribution in [0.5, 0.6) is 0 Å². The zero-order valence-corrected chi connectivity index (χ0v) is 8.25. The molecule has 0 atom stereocenters. The Morgan fingerprint density at radius 2 is 2.17 bits per heavy atom. The molecule has 12 heavy (non-hydrogen) atoms. The van der Waals surface area contributed by atoms with E-state index < -0.39 is 0 Å². The number of carbonyl (C=O) groups is 1. The predicted octanol–water partition coefficient (Wildman–Crippen LogP) is -0.986. The Labute approximate surface area is 77.7 Å². The molecule has 72 valence electrons. The summed E-state index contributed by atoms with van der Waals surface area (Å²) in [6.45, 7) is 2.91. The Morgan fingerprint density at radius 3 is 2.75 bits per heavy atom. The number of thioether (sulfide) groups is 1. The van der Waals surface area contributed by atoms with Crippen molar-refractivity contribution in [3.8, 4) is 0 Å². The number of nitrogens with one attached hydrogen (secondary N) is 2. The fraction of sp³-hybridized carbons (Fsp3) is 0.857. The second-order valence-electron chi connectivity index (χ2n) is 2.32. The van der Waals surface area contributed by atoms with Crippen LogP contribution in [-0.2, 0) is 4.79 Å². The van der Waals surface area contributed by atoms with E-state index in [1.165, 1.54) is 11.8 Å². The zero-order chi connectivity index (χ0) is 9.23. The minimum Gasteiger partial charge on any atom is -0.354 e. The van der Waals surface area contributed by atoms with Crippen molar-refractivity contribution in [1.82, 2.24) is 10.6 Å². The fourth-order valence-corrected chi connectivity index (χ4v) is 1.06. The van der Waals surface area contributed by atoms with Crippen LogP contribution in [-0.4, -0.2) is 44.1 Å². The van der Waals surface area contributed by atoms with Gasteiger partial charge >= 0.3 is 0 Å². The molecule has 0 unspecified atom stereocenters. The summed E-state index contributed by atoms with van der Waals surface area (Å²) in [5, 5.41) is 5.87. The van der Waals surface area contributed by atoms with Gasteiger partial charge in [-0.25, -0.2) is 0 Å². The molecule has 4 N–H and O–H groups in total. The normalized spacial score (nSPS) is 9.83. The van der Waals surface area contributed by atoms with Crippen LogP contribution in [0.4, 0.5) is 0 Å². The van der Waals surface area contributed by atoms with Crippen molar-refractivity contribution in [3.05, 3.63) is 0 Å². The summed E-state index contributed by atoms with van der Waals surface area (Å²) in [5.41, 5.74) is 5.27. The van der Waals surface area contributed by atoms with E-state index in [1.807, 2.05) is 6.26 Å². The summed E-state index contributed by atoms with van der Waals surface area (Å²) >= 11 is 1.53. The van der Waals surface area contributed by atoms with Crippen LogP contribution in [0.3, 0.4) is 0 Å². The number of nitrogens with two attached hydrogens (primary N) is 1. The third-order valence-electron chi connectivity index (χ3n) is 1.22. The Balaban J connectivity index is 3.03. The van der Waals surface area contributed by atoms with E-state index in [-0.39, 0.29) is 5.91 Å². The van der Waals surface area contributed by atoms with Gasteiger partial charge in [0.15, 0.2) is 0 Å². The molecule has 0 rings (SSSR count). The molecule has 0 fully saturated rings. The highest BCUT2D eigenvalue weighted by molar-refractivity contribution is 7.99. The Morgan fingerprint density at radius 1 is 1.42 bits per heavy atom. The standard InChI is InChI=1S/C7H17N3OS/c1-12-6-7(11)10-5-4-9-3-2-8/h9H,2-6,8H2,1H3,(H,10,11). The van der Waals surface area contributed by atoms with Crippen LogP contribution in [0.1, 0.15) is 0 Å². The third-order valence-corrected chi connectivity index (χ3v) is 1.77. The molecule has 0 saturated heterocycles. The summed E-state index contributed by atoms with van der Waals surface area (Å²) in [5.74, 6) is 0.633. The van der Waals surface area contributed by atoms with E-state index in [2.05, 4.69) is 10.6 Å².